The van der Waals surface area contributed by atoms with E-state index in [1.807, 2.05) is 18.2 Å². The number of rotatable bonds is 6. The van der Waals surface area contributed by atoms with Crippen LogP contribution in [0.15, 0.2) is 24.3 Å². The summed E-state index contributed by atoms with van der Waals surface area (Å²) in [5, 5.41) is 4.33. The lowest BCUT2D eigenvalue weighted by molar-refractivity contribution is -0.101. The van der Waals surface area contributed by atoms with Gasteiger partial charge < -0.3 is 14.8 Å². The lowest BCUT2D eigenvalue weighted by Gasteiger charge is -2.37. The molecule has 1 N–H and O–H groups in total. The van der Waals surface area contributed by atoms with Crippen molar-refractivity contribution in [3.8, 4) is 0 Å². The summed E-state index contributed by atoms with van der Waals surface area (Å²) in [6.45, 7) is 0.729. The maximum atomic E-state index is 6.19. The molecule has 1 saturated carbocycles. The Balaban J connectivity index is 1.76. The summed E-state index contributed by atoms with van der Waals surface area (Å²) in [7, 11) is 3.31. The van der Waals surface area contributed by atoms with Gasteiger partial charge in [-0.2, -0.15) is 0 Å². The topological polar surface area (TPSA) is 30.5 Å². The van der Waals surface area contributed by atoms with E-state index >= 15 is 0 Å². The molecule has 1 fully saturated rings. The van der Waals surface area contributed by atoms with E-state index in [9.17, 15) is 0 Å². The van der Waals surface area contributed by atoms with Gasteiger partial charge in [-0.05, 0) is 30.4 Å². The molecule has 0 radical (unpaired) electrons. The Morgan fingerprint density at radius 3 is 2.56 bits per heavy atom. The minimum atomic E-state index is -0.163. The molecule has 0 heterocycles. The summed E-state index contributed by atoms with van der Waals surface area (Å²) in [4.78, 5) is 0. The van der Waals surface area contributed by atoms with Gasteiger partial charge in [-0.25, -0.2) is 0 Å². The van der Waals surface area contributed by atoms with Crippen LogP contribution in [-0.2, 0) is 9.47 Å². The molecular formula is C14H20ClNO2. The van der Waals surface area contributed by atoms with Crippen molar-refractivity contribution in [2.24, 2.45) is 0 Å². The minimum absolute atomic E-state index is 0.163. The maximum Gasteiger partial charge on any atom is 0.169 e. The van der Waals surface area contributed by atoms with Gasteiger partial charge in [-0.1, -0.05) is 29.8 Å². The fourth-order valence-electron chi connectivity index (χ4n) is 2.37. The van der Waals surface area contributed by atoms with E-state index in [1.165, 1.54) is 5.56 Å². The molecule has 0 saturated heterocycles. The quantitative estimate of drug-likeness (QED) is 0.806. The lowest BCUT2D eigenvalue weighted by atomic mass is 9.76. The molecule has 0 amide bonds. The molecule has 0 spiro atoms. The lowest BCUT2D eigenvalue weighted by Crippen LogP contribution is -2.44. The second-order valence-electron chi connectivity index (χ2n) is 4.70. The molecule has 1 aromatic rings. The fourth-order valence-corrected chi connectivity index (χ4v) is 2.66. The molecule has 0 aromatic heterocycles. The minimum Gasteiger partial charge on any atom is -0.355 e. The van der Waals surface area contributed by atoms with Gasteiger partial charge in [0, 0.05) is 31.8 Å². The molecule has 0 bridgehead atoms. The fraction of sp³-hybridized carbons (Fsp3) is 0.571. The van der Waals surface area contributed by atoms with E-state index in [2.05, 4.69) is 11.4 Å². The van der Waals surface area contributed by atoms with E-state index in [-0.39, 0.29) is 6.29 Å². The first-order chi connectivity index (χ1) is 8.74. The zero-order chi connectivity index (χ0) is 13.0. The van der Waals surface area contributed by atoms with Gasteiger partial charge in [0.2, 0.25) is 0 Å². The third-order valence-electron chi connectivity index (χ3n) is 3.58. The van der Waals surface area contributed by atoms with Gasteiger partial charge >= 0.3 is 0 Å². The summed E-state index contributed by atoms with van der Waals surface area (Å²) in [6.07, 6.45) is 2.10. The first-order valence-corrected chi connectivity index (χ1v) is 6.65. The van der Waals surface area contributed by atoms with Crippen molar-refractivity contribution in [3.63, 3.8) is 0 Å². The number of ether oxygens (including phenoxy) is 2. The van der Waals surface area contributed by atoms with E-state index < -0.39 is 0 Å². The Kier molecular flexibility index (Phi) is 5.01. The van der Waals surface area contributed by atoms with Crippen molar-refractivity contribution in [3.05, 3.63) is 34.9 Å². The zero-order valence-electron chi connectivity index (χ0n) is 10.9. The second-order valence-corrected chi connectivity index (χ2v) is 5.10. The van der Waals surface area contributed by atoms with Crippen molar-refractivity contribution in [1.29, 1.82) is 0 Å². The van der Waals surface area contributed by atoms with Crippen molar-refractivity contribution >= 4 is 11.6 Å². The van der Waals surface area contributed by atoms with Gasteiger partial charge in [0.15, 0.2) is 6.29 Å². The molecule has 1 aliphatic carbocycles. The van der Waals surface area contributed by atoms with Crippen LogP contribution in [0.2, 0.25) is 5.02 Å². The van der Waals surface area contributed by atoms with Gasteiger partial charge in [0.1, 0.15) is 0 Å². The highest BCUT2D eigenvalue weighted by Crippen LogP contribution is 2.39. The normalized spacial score (nSPS) is 23.1. The SMILES string of the molecule is COC(CNC1CC(c2ccccc2Cl)C1)OC. The van der Waals surface area contributed by atoms with Gasteiger partial charge in [0.05, 0.1) is 0 Å². The Hall–Kier alpha value is -0.610. The van der Waals surface area contributed by atoms with Crippen LogP contribution in [0.5, 0.6) is 0 Å². The highest BCUT2D eigenvalue weighted by molar-refractivity contribution is 6.31. The number of hydrogen-bond donors (Lipinski definition) is 1. The highest BCUT2D eigenvalue weighted by Gasteiger charge is 2.31. The van der Waals surface area contributed by atoms with Crippen LogP contribution >= 0.6 is 11.6 Å². The Bertz CT molecular complexity index is 376. The predicted molar refractivity (Wildman–Crippen MR) is 73.0 cm³/mol. The Morgan fingerprint density at radius 1 is 1.28 bits per heavy atom. The zero-order valence-corrected chi connectivity index (χ0v) is 11.6. The van der Waals surface area contributed by atoms with Crippen LogP contribution in [-0.4, -0.2) is 33.1 Å². The first kappa shape index (κ1) is 13.8. The van der Waals surface area contributed by atoms with Crippen LogP contribution in [0.25, 0.3) is 0 Å². The van der Waals surface area contributed by atoms with E-state index in [0.29, 0.717) is 12.0 Å². The highest BCUT2D eigenvalue weighted by atomic mass is 35.5. The molecule has 2 rings (SSSR count). The number of benzene rings is 1. The number of nitrogens with one attached hydrogen (secondary N) is 1. The molecule has 18 heavy (non-hydrogen) atoms. The van der Waals surface area contributed by atoms with Crippen molar-refractivity contribution < 1.29 is 9.47 Å². The molecule has 4 heteroatoms. The Morgan fingerprint density at radius 2 is 1.94 bits per heavy atom. The van der Waals surface area contributed by atoms with Crippen molar-refractivity contribution in [1.82, 2.24) is 5.32 Å². The van der Waals surface area contributed by atoms with E-state index in [1.54, 1.807) is 14.2 Å². The molecule has 1 aromatic carbocycles. The average Bonchev–Trinajstić information content (AvgIpc) is 2.34. The molecule has 0 aliphatic heterocycles. The number of methoxy groups -OCH3 is 2. The third kappa shape index (κ3) is 3.23. The average molecular weight is 270 g/mol. The monoisotopic (exact) mass is 269 g/mol. The third-order valence-corrected chi connectivity index (χ3v) is 3.93. The van der Waals surface area contributed by atoms with Crippen molar-refractivity contribution in [2.75, 3.05) is 20.8 Å². The van der Waals surface area contributed by atoms with Crippen LogP contribution in [0.4, 0.5) is 0 Å². The number of hydrogen-bond acceptors (Lipinski definition) is 3. The maximum absolute atomic E-state index is 6.19. The largest absolute Gasteiger partial charge is 0.355 e. The molecule has 0 atom stereocenters. The van der Waals surface area contributed by atoms with Crippen molar-refractivity contribution in [2.45, 2.75) is 31.1 Å². The summed E-state index contributed by atoms with van der Waals surface area (Å²) in [5.41, 5.74) is 1.27. The standard InChI is InChI=1S/C14H20ClNO2/c1-17-14(18-2)9-16-11-7-10(8-11)12-5-3-4-6-13(12)15/h3-6,10-11,14,16H,7-9H2,1-2H3. The van der Waals surface area contributed by atoms with Crippen LogP contribution in [0, 0.1) is 0 Å². The molecule has 1 aliphatic rings. The molecular weight excluding hydrogens is 250 g/mol. The molecule has 100 valence electrons. The summed E-state index contributed by atoms with van der Waals surface area (Å²) in [6, 6.07) is 8.65. The van der Waals surface area contributed by atoms with Crippen LogP contribution in [0.3, 0.4) is 0 Å². The van der Waals surface area contributed by atoms with Crippen LogP contribution in [0.1, 0.15) is 24.3 Å². The van der Waals surface area contributed by atoms with E-state index in [0.717, 1.165) is 24.4 Å². The van der Waals surface area contributed by atoms with E-state index in [4.69, 9.17) is 21.1 Å². The van der Waals surface area contributed by atoms with Gasteiger partial charge in [-0.15, -0.1) is 0 Å². The number of halogens is 1. The van der Waals surface area contributed by atoms with Gasteiger partial charge in [-0.3, -0.25) is 0 Å². The predicted octanol–water partition coefficient (Wildman–Crippen LogP) is 2.79. The molecule has 3 nitrogen and oxygen atoms in total. The second kappa shape index (κ2) is 6.53. The first-order valence-electron chi connectivity index (χ1n) is 6.28. The summed E-state index contributed by atoms with van der Waals surface area (Å²) < 4.78 is 10.3. The summed E-state index contributed by atoms with van der Waals surface area (Å²) in [5.74, 6) is 0.583. The van der Waals surface area contributed by atoms with Crippen LogP contribution < -0.4 is 5.32 Å². The Labute approximate surface area is 113 Å². The molecule has 0 unspecified atom stereocenters. The summed E-state index contributed by atoms with van der Waals surface area (Å²) >= 11 is 6.19. The smallest absolute Gasteiger partial charge is 0.169 e. The van der Waals surface area contributed by atoms with Gasteiger partial charge in [0.25, 0.3) is 0 Å².